The van der Waals surface area contributed by atoms with E-state index in [4.69, 9.17) is 8.92 Å². The van der Waals surface area contributed by atoms with E-state index < -0.39 is 22.2 Å². The van der Waals surface area contributed by atoms with Crippen LogP contribution in [0.1, 0.15) is 25.5 Å². The lowest BCUT2D eigenvalue weighted by Crippen LogP contribution is -2.13. The van der Waals surface area contributed by atoms with E-state index in [0.29, 0.717) is 5.56 Å². The van der Waals surface area contributed by atoms with Crippen LogP contribution in [0.2, 0.25) is 0 Å². The molecule has 2 rings (SSSR count). The Morgan fingerprint density at radius 3 is 2.23 bits per heavy atom. The molecule has 22 heavy (non-hydrogen) atoms. The van der Waals surface area contributed by atoms with Crippen molar-refractivity contribution in [2.75, 3.05) is 0 Å². The first-order valence-electron chi connectivity index (χ1n) is 6.66. The minimum atomic E-state index is -3.94. The molecule has 1 unspecified atom stereocenters. The Balaban J connectivity index is 2.32. The summed E-state index contributed by atoms with van der Waals surface area (Å²) in [4.78, 5) is 11.1. The summed E-state index contributed by atoms with van der Waals surface area (Å²) in [6.45, 7) is 2.94. The Kier molecular flexibility index (Phi) is 4.82. The van der Waals surface area contributed by atoms with Crippen LogP contribution in [0.15, 0.2) is 59.5 Å². The van der Waals surface area contributed by atoms with Crippen LogP contribution >= 0.6 is 0 Å². The van der Waals surface area contributed by atoms with E-state index in [1.165, 1.54) is 25.1 Å². The minimum absolute atomic E-state index is 0.0601. The van der Waals surface area contributed by atoms with Crippen molar-refractivity contribution in [2.45, 2.75) is 24.8 Å². The van der Waals surface area contributed by atoms with Gasteiger partial charge in [-0.05, 0) is 25.1 Å². The largest absolute Gasteiger partial charge is 0.458 e. The highest BCUT2D eigenvalue weighted by Gasteiger charge is 2.21. The third-order valence-electron chi connectivity index (χ3n) is 2.93. The smallest absolute Gasteiger partial charge is 0.339 e. The Hall–Kier alpha value is -2.34. The molecule has 0 aliphatic heterocycles. The molecule has 0 saturated carbocycles. The SMILES string of the molecule is CC(=O)OC(C)c1ccccc1OS(=O)(=O)c1ccccc1. The molecular weight excluding hydrogens is 304 g/mol. The molecule has 2 aromatic rings. The molecule has 0 bridgehead atoms. The van der Waals surface area contributed by atoms with Crippen molar-refractivity contribution in [1.82, 2.24) is 0 Å². The average Bonchev–Trinajstić information content (AvgIpc) is 2.47. The fraction of sp³-hybridized carbons (Fsp3) is 0.188. The first-order valence-corrected chi connectivity index (χ1v) is 8.06. The second kappa shape index (κ2) is 6.62. The van der Waals surface area contributed by atoms with Crippen molar-refractivity contribution < 1.29 is 22.1 Å². The van der Waals surface area contributed by atoms with Gasteiger partial charge < -0.3 is 8.92 Å². The van der Waals surface area contributed by atoms with E-state index in [1.54, 1.807) is 43.3 Å². The molecule has 116 valence electrons. The monoisotopic (exact) mass is 320 g/mol. The highest BCUT2D eigenvalue weighted by Crippen LogP contribution is 2.29. The fourth-order valence-corrected chi connectivity index (χ4v) is 2.93. The van der Waals surface area contributed by atoms with Gasteiger partial charge in [-0.3, -0.25) is 4.79 Å². The number of benzene rings is 2. The van der Waals surface area contributed by atoms with Crippen LogP contribution in [0.5, 0.6) is 5.75 Å². The summed E-state index contributed by atoms with van der Waals surface area (Å²) in [6.07, 6.45) is -0.611. The van der Waals surface area contributed by atoms with Crippen molar-refractivity contribution in [1.29, 1.82) is 0 Å². The maximum Gasteiger partial charge on any atom is 0.339 e. The molecule has 2 aromatic carbocycles. The summed E-state index contributed by atoms with van der Waals surface area (Å²) in [5.41, 5.74) is 0.484. The van der Waals surface area contributed by atoms with Gasteiger partial charge in [0.25, 0.3) is 0 Å². The Morgan fingerprint density at radius 2 is 1.59 bits per heavy atom. The number of ether oxygens (including phenoxy) is 1. The second-order valence-electron chi connectivity index (χ2n) is 4.64. The number of carbonyl (C=O) groups excluding carboxylic acids is 1. The third kappa shape index (κ3) is 3.85. The van der Waals surface area contributed by atoms with Gasteiger partial charge in [-0.15, -0.1) is 0 Å². The zero-order chi connectivity index (χ0) is 16.2. The van der Waals surface area contributed by atoms with Gasteiger partial charge in [0, 0.05) is 12.5 Å². The molecule has 0 heterocycles. The third-order valence-corrected chi connectivity index (χ3v) is 4.18. The van der Waals surface area contributed by atoms with Gasteiger partial charge in [-0.25, -0.2) is 0 Å². The van der Waals surface area contributed by atoms with Crippen LogP contribution in [-0.2, 0) is 19.6 Å². The van der Waals surface area contributed by atoms with Crippen molar-refractivity contribution in [2.24, 2.45) is 0 Å². The molecule has 0 N–H and O–H groups in total. The first kappa shape index (κ1) is 16.0. The zero-order valence-corrected chi connectivity index (χ0v) is 13.0. The Bertz CT molecular complexity index is 753. The predicted octanol–water partition coefficient (Wildman–Crippen LogP) is 3.08. The number of hydrogen-bond donors (Lipinski definition) is 0. The number of hydrogen-bond acceptors (Lipinski definition) is 5. The summed E-state index contributed by atoms with van der Waals surface area (Å²) < 4.78 is 34.8. The molecule has 0 amide bonds. The summed E-state index contributed by atoms with van der Waals surface area (Å²) in [6, 6.07) is 14.4. The molecule has 0 spiro atoms. The van der Waals surface area contributed by atoms with Crippen molar-refractivity contribution in [3.05, 3.63) is 60.2 Å². The van der Waals surface area contributed by atoms with Crippen molar-refractivity contribution in [3.8, 4) is 5.75 Å². The average molecular weight is 320 g/mol. The van der Waals surface area contributed by atoms with E-state index >= 15 is 0 Å². The van der Waals surface area contributed by atoms with Crippen molar-refractivity contribution in [3.63, 3.8) is 0 Å². The lowest BCUT2D eigenvalue weighted by atomic mass is 10.1. The summed E-state index contributed by atoms with van der Waals surface area (Å²) in [5, 5.41) is 0. The number of rotatable bonds is 5. The van der Waals surface area contributed by atoms with E-state index in [-0.39, 0.29) is 10.6 Å². The lowest BCUT2D eigenvalue weighted by molar-refractivity contribution is -0.145. The van der Waals surface area contributed by atoms with Gasteiger partial charge in [-0.2, -0.15) is 8.42 Å². The molecule has 0 aliphatic carbocycles. The van der Waals surface area contributed by atoms with Gasteiger partial charge in [0.15, 0.2) is 0 Å². The Morgan fingerprint density at radius 1 is 1.00 bits per heavy atom. The van der Waals surface area contributed by atoms with Crippen LogP contribution in [0.4, 0.5) is 0 Å². The molecule has 0 saturated heterocycles. The van der Waals surface area contributed by atoms with Crippen molar-refractivity contribution >= 4 is 16.1 Å². The molecule has 5 nitrogen and oxygen atoms in total. The van der Waals surface area contributed by atoms with Crippen LogP contribution in [0.3, 0.4) is 0 Å². The highest BCUT2D eigenvalue weighted by atomic mass is 32.2. The molecule has 0 aromatic heterocycles. The number of carbonyl (C=O) groups is 1. The minimum Gasteiger partial charge on any atom is -0.458 e. The van der Waals surface area contributed by atoms with E-state index in [9.17, 15) is 13.2 Å². The molecule has 0 aliphatic rings. The van der Waals surface area contributed by atoms with Crippen LogP contribution in [0.25, 0.3) is 0 Å². The molecule has 1 atom stereocenters. The standard InChI is InChI=1S/C16H16O5S/c1-12(20-13(2)17)15-10-6-7-11-16(15)21-22(18,19)14-8-4-3-5-9-14/h3-12H,1-2H3. The summed E-state index contributed by atoms with van der Waals surface area (Å²) in [5.74, 6) is -0.312. The summed E-state index contributed by atoms with van der Waals surface area (Å²) in [7, 11) is -3.94. The maximum absolute atomic E-state index is 12.3. The zero-order valence-electron chi connectivity index (χ0n) is 12.2. The number of para-hydroxylation sites is 1. The molecule has 0 radical (unpaired) electrons. The van der Waals surface area contributed by atoms with Gasteiger partial charge in [-0.1, -0.05) is 36.4 Å². The fourth-order valence-electron chi connectivity index (χ4n) is 1.96. The van der Waals surface area contributed by atoms with Gasteiger partial charge >= 0.3 is 16.1 Å². The highest BCUT2D eigenvalue weighted by molar-refractivity contribution is 7.87. The predicted molar refractivity (Wildman–Crippen MR) is 80.9 cm³/mol. The maximum atomic E-state index is 12.3. The quantitative estimate of drug-likeness (QED) is 0.625. The number of esters is 1. The van der Waals surface area contributed by atoms with E-state index in [0.717, 1.165) is 0 Å². The molecule has 0 fully saturated rings. The normalized spacial score (nSPS) is 12.5. The Labute approximate surface area is 129 Å². The van der Waals surface area contributed by atoms with E-state index in [1.807, 2.05) is 0 Å². The van der Waals surface area contributed by atoms with Gasteiger partial charge in [0.1, 0.15) is 16.7 Å². The summed E-state index contributed by atoms with van der Waals surface area (Å²) >= 11 is 0. The van der Waals surface area contributed by atoms with Crippen LogP contribution in [-0.4, -0.2) is 14.4 Å². The van der Waals surface area contributed by atoms with E-state index in [2.05, 4.69) is 0 Å². The molecule has 6 heteroatoms. The molecular formula is C16H16O5S. The second-order valence-corrected chi connectivity index (χ2v) is 6.19. The first-order chi connectivity index (χ1) is 10.4. The van der Waals surface area contributed by atoms with Crippen LogP contribution in [0, 0.1) is 0 Å². The van der Waals surface area contributed by atoms with Crippen LogP contribution < -0.4 is 4.18 Å². The van der Waals surface area contributed by atoms with Gasteiger partial charge in [0.2, 0.25) is 0 Å². The van der Waals surface area contributed by atoms with Gasteiger partial charge in [0.05, 0.1) is 0 Å². The lowest BCUT2D eigenvalue weighted by Gasteiger charge is -2.16. The topological polar surface area (TPSA) is 69.7 Å².